The van der Waals surface area contributed by atoms with Gasteiger partial charge in [-0.3, -0.25) is 14.7 Å². The molecule has 0 radical (unpaired) electrons. The van der Waals surface area contributed by atoms with Crippen LogP contribution in [0.5, 0.6) is 0 Å². The average Bonchev–Trinajstić information content (AvgIpc) is 3.17. The quantitative estimate of drug-likeness (QED) is 0.746. The summed E-state index contributed by atoms with van der Waals surface area (Å²) >= 11 is 1.43. The van der Waals surface area contributed by atoms with Crippen LogP contribution in [0.15, 0.2) is 29.9 Å². The second-order valence-corrected chi connectivity index (χ2v) is 7.42. The van der Waals surface area contributed by atoms with Gasteiger partial charge in [-0.1, -0.05) is 19.3 Å². The molecular formula is C19H23N3O3S. The van der Waals surface area contributed by atoms with Crippen molar-refractivity contribution in [2.45, 2.75) is 58.1 Å². The first-order chi connectivity index (χ1) is 12.6. The fraction of sp³-hybridized carbons (Fsp3) is 0.474. The minimum Gasteiger partial charge on any atom is -0.449 e. The molecule has 1 aliphatic carbocycles. The van der Waals surface area contributed by atoms with Gasteiger partial charge in [-0.15, -0.1) is 11.3 Å². The van der Waals surface area contributed by atoms with E-state index >= 15 is 0 Å². The van der Waals surface area contributed by atoms with Gasteiger partial charge in [0.05, 0.1) is 5.56 Å². The third-order valence-corrected chi connectivity index (χ3v) is 5.35. The minimum atomic E-state index is -0.880. The molecule has 1 aliphatic rings. The van der Waals surface area contributed by atoms with Crippen molar-refractivity contribution >= 4 is 28.3 Å². The van der Waals surface area contributed by atoms with Crippen molar-refractivity contribution in [2.75, 3.05) is 4.90 Å². The molecule has 0 unspecified atom stereocenters. The molecule has 6 nitrogen and oxygen atoms in total. The van der Waals surface area contributed by atoms with E-state index in [0.29, 0.717) is 10.7 Å². The molecular weight excluding hydrogens is 350 g/mol. The maximum Gasteiger partial charge on any atom is 0.340 e. The third-order valence-electron chi connectivity index (χ3n) is 4.58. The molecule has 2 aromatic rings. The Bertz CT molecular complexity index is 740. The molecule has 1 amide bonds. The lowest BCUT2D eigenvalue weighted by atomic mass is 9.94. The van der Waals surface area contributed by atoms with Gasteiger partial charge in [0, 0.05) is 29.5 Å². The maximum atomic E-state index is 13.1. The van der Waals surface area contributed by atoms with Crippen molar-refractivity contribution < 1.29 is 14.3 Å². The molecule has 7 heteroatoms. The van der Waals surface area contributed by atoms with Gasteiger partial charge in [-0.25, -0.2) is 9.78 Å². The van der Waals surface area contributed by atoms with Gasteiger partial charge < -0.3 is 4.74 Å². The molecule has 0 aliphatic heterocycles. The van der Waals surface area contributed by atoms with Crippen LogP contribution in [0, 0.1) is 6.92 Å². The van der Waals surface area contributed by atoms with Crippen molar-refractivity contribution in [2.24, 2.45) is 0 Å². The number of rotatable bonds is 5. The second kappa shape index (κ2) is 8.40. The van der Waals surface area contributed by atoms with Gasteiger partial charge in [-0.2, -0.15) is 0 Å². The van der Waals surface area contributed by atoms with E-state index < -0.39 is 12.1 Å². The monoisotopic (exact) mass is 373 g/mol. The fourth-order valence-electron chi connectivity index (χ4n) is 3.17. The van der Waals surface area contributed by atoms with E-state index in [0.717, 1.165) is 31.4 Å². The van der Waals surface area contributed by atoms with E-state index in [2.05, 4.69) is 9.97 Å². The standard InChI is InChI=1S/C19H23N3O3S/c1-13-8-9-15(12-21-13)18(24)25-14(2)17(23)22(19-20-10-11-26-19)16-6-4-3-5-7-16/h8-12,14,16H,3-7H2,1-2H3/t14-/m1/s1. The predicted octanol–water partition coefficient (Wildman–Crippen LogP) is 3.76. The molecule has 3 rings (SSSR count). The number of amides is 1. The molecule has 1 saturated carbocycles. The molecule has 1 atom stereocenters. The average molecular weight is 373 g/mol. The normalized spacial score (nSPS) is 16.1. The lowest BCUT2D eigenvalue weighted by Crippen LogP contribution is -2.47. The van der Waals surface area contributed by atoms with E-state index in [1.54, 1.807) is 30.2 Å². The van der Waals surface area contributed by atoms with E-state index in [-0.39, 0.29) is 11.9 Å². The summed E-state index contributed by atoms with van der Waals surface area (Å²) in [5, 5.41) is 2.52. The number of carbonyl (C=O) groups excluding carboxylic acids is 2. The van der Waals surface area contributed by atoms with Crippen LogP contribution < -0.4 is 4.90 Å². The number of thiazole rings is 1. The smallest absolute Gasteiger partial charge is 0.340 e. The number of anilines is 1. The Morgan fingerprint density at radius 3 is 2.62 bits per heavy atom. The molecule has 0 spiro atoms. The summed E-state index contributed by atoms with van der Waals surface area (Å²) in [6.45, 7) is 3.46. The van der Waals surface area contributed by atoms with Crippen LogP contribution in [0.4, 0.5) is 5.13 Å². The summed E-state index contributed by atoms with van der Waals surface area (Å²) in [7, 11) is 0. The fourth-order valence-corrected chi connectivity index (χ4v) is 3.89. The SMILES string of the molecule is Cc1ccc(C(=O)O[C@H](C)C(=O)N(c2nccs2)C2CCCCC2)cn1. The Labute approximate surface area is 157 Å². The zero-order valence-corrected chi connectivity index (χ0v) is 15.9. The van der Waals surface area contributed by atoms with Gasteiger partial charge in [-0.05, 0) is 38.8 Å². The van der Waals surface area contributed by atoms with Gasteiger partial charge >= 0.3 is 5.97 Å². The predicted molar refractivity (Wildman–Crippen MR) is 100 cm³/mol. The first-order valence-corrected chi connectivity index (χ1v) is 9.80. The number of hydrogen-bond donors (Lipinski definition) is 0. The second-order valence-electron chi connectivity index (χ2n) is 6.55. The largest absolute Gasteiger partial charge is 0.449 e. The van der Waals surface area contributed by atoms with Gasteiger partial charge in [0.1, 0.15) is 0 Å². The topological polar surface area (TPSA) is 72.4 Å². The first-order valence-electron chi connectivity index (χ1n) is 8.92. The van der Waals surface area contributed by atoms with E-state index in [1.165, 1.54) is 24.0 Å². The Morgan fingerprint density at radius 2 is 2.00 bits per heavy atom. The number of ether oxygens (including phenoxy) is 1. The molecule has 0 saturated heterocycles. The van der Waals surface area contributed by atoms with Gasteiger partial charge in [0.2, 0.25) is 0 Å². The number of aromatic nitrogens is 2. The Morgan fingerprint density at radius 1 is 1.23 bits per heavy atom. The number of esters is 1. The highest BCUT2D eigenvalue weighted by Gasteiger charge is 2.33. The molecule has 0 bridgehead atoms. The molecule has 26 heavy (non-hydrogen) atoms. The van der Waals surface area contributed by atoms with Crippen molar-refractivity contribution in [3.8, 4) is 0 Å². The summed E-state index contributed by atoms with van der Waals surface area (Å²) in [5.74, 6) is -0.763. The Kier molecular flexibility index (Phi) is 5.98. The highest BCUT2D eigenvalue weighted by atomic mass is 32.1. The van der Waals surface area contributed by atoms with Crippen molar-refractivity contribution in [3.05, 3.63) is 41.2 Å². The summed E-state index contributed by atoms with van der Waals surface area (Å²) in [6, 6.07) is 3.51. The van der Waals surface area contributed by atoms with Crippen LogP contribution in [0.25, 0.3) is 0 Å². The zero-order valence-electron chi connectivity index (χ0n) is 15.1. The van der Waals surface area contributed by atoms with E-state index in [1.807, 2.05) is 12.3 Å². The molecule has 138 valence electrons. The maximum absolute atomic E-state index is 13.1. The molecule has 1 fully saturated rings. The molecule has 0 N–H and O–H groups in total. The van der Waals surface area contributed by atoms with Crippen LogP contribution in [0.3, 0.4) is 0 Å². The number of hydrogen-bond acceptors (Lipinski definition) is 6. The molecule has 2 aromatic heterocycles. The lowest BCUT2D eigenvalue weighted by Gasteiger charge is -2.33. The summed E-state index contributed by atoms with van der Waals surface area (Å²) in [5.41, 5.74) is 1.16. The Hall–Kier alpha value is -2.28. The number of nitrogens with zero attached hydrogens (tertiary/aromatic N) is 3. The van der Waals surface area contributed by atoms with E-state index in [9.17, 15) is 9.59 Å². The lowest BCUT2D eigenvalue weighted by molar-refractivity contribution is -0.127. The van der Waals surface area contributed by atoms with Gasteiger partial charge in [0.15, 0.2) is 11.2 Å². The van der Waals surface area contributed by atoms with Crippen LogP contribution in [-0.4, -0.2) is 34.0 Å². The highest BCUT2D eigenvalue weighted by Crippen LogP contribution is 2.29. The number of carbonyl (C=O) groups is 2. The third kappa shape index (κ3) is 4.27. The summed E-state index contributed by atoms with van der Waals surface area (Å²) in [6.07, 6.45) is 7.58. The zero-order chi connectivity index (χ0) is 18.5. The first kappa shape index (κ1) is 18.5. The van der Waals surface area contributed by atoms with Crippen LogP contribution in [0.1, 0.15) is 55.1 Å². The van der Waals surface area contributed by atoms with Crippen molar-refractivity contribution in [1.29, 1.82) is 0 Å². The van der Waals surface area contributed by atoms with Crippen LogP contribution in [0.2, 0.25) is 0 Å². The highest BCUT2D eigenvalue weighted by molar-refractivity contribution is 7.13. The van der Waals surface area contributed by atoms with Crippen molar-refractivity contribution in [3.63, 3.8) is 0 Å². The minimum absolute atomic E-state index is 0.115. The number of pyridine rings is 1. The Balaban J connectivity index is 1.73. The number of aryl methyl sites for hydroxylation is 1. The van der Waals surface area contributed by atoms with E-state index in [4.69, 9.17) is 4.74 Å². The summed E-state index contributed by atoms with van der Waals surface area (Å²) < 4.78 is 5.41. The van der Waals surface area contributed by atoms with Gasteiger partial charge in [0.25, 0.3) is 5.91 Å². The van der Waals surface area contributed by atoms with Crippen molar-refractivity contribution in [1.82, 2.24) is 9.97 Å². The molecule has 2 heterocycles. The summed E-state index contributed by atoms with van der Waals surface area (Å²) in [4.78, 5) is 35.5. The molecule has 0 aromatic carbocycles. The van der Waals surface area contributed by atoms with Crippen LogP contribution in [-0.2, 0) is 9.53 Å². The van der Waals surface area contributed by atoms with Crippen LogP contribution >= 0.6 is 11.3 Å².